The third-order valence-electron chi connectivity index (χ3n) is 3.24. The summed E-state index contributed by atoms with van der Waals surface area (Å²) in [5.74, 6) is 0.589. The molecular weight excluding hydrogens is 188 g/mol. The van der Waals surface area contributed by atoms with E-state index in [1.807, 2.05) is 4.90 Å². The third kappa shape index (κ3) is 3.49. The molecule has 1 atom stereocenters. The van der Waals surface area contributed by atoms with Crippen LogP contribution >= 0.6 is 0 Å². The monoisotopic (exact) mass is 212 g/mol. The summed E-state index contributed by atoms with van der Waals surface area (Å²) in [4.78, 5) is 14.2. The molecule has 15 heavy (non-hydrogen) atoms. The van der Waals surface area contributed by atoms with Crippen LogP contribution in [0.2, 0.25) is 0 Å². The Morgan fingerprint density at radius 1 is 1.47 bits per heavy atom. The number of hydrogen-bond donors (Lipinski definition) is 1. The van der Waals surface area contributed by atoms with Gasteiger partial charge in [-0.15, -0.1) is 0 Å². The molecule has 0 aromatic rings. The first kappa shape index (κ1) is 12.5. The second kappa shape index (κ2) is 6.11. The van der Waals surface area contributed by atoms with Gasteiger partial charge in [0.05, 0.1) is 0 Å². The summed E-state index contributed by atoms with van der Waals surface area (Å²) in [6.07, 6.45) is 3.01. The average molecular weight is 212 g/mol. The van der Waals surface area contributed by atoms with Gasteiger partial charge in [-0.05, 0) is 32.7 Å². The zero-order chi connectivity index (χ0) is 11.3. The van der Waals surface area contributed by atoms with Gasteiger partial charge in [-0.25, -0.2) is 0 Å². The Balaban J connectivity index is 2.56. The van der Waals surface area contributed by atoms with Gasteiger partial charge in [0.15, 0.2) is 0 Å². The van der Waals surface area contributed by atoms with Crippen molar-refractivity contribution in [2.45, 2.75) is 46.1 Å². The van der Waals surface area contributed by atoms with Crippen LogP contribution in [0.15, 0.2) is 0 Å². The van der Waals surface area contributed by atoms with Crippen LogP contribution in [-0.4, -0.2) is 36.5 Å². The van der Waals surface area contributed by atoms with Crippen LogP contribution < -0.4 is 5.32 Å². The molecule has 1 aliphatic heterocycles. The fourth-order valence-corrected chi connectivity index (χ4v) is 2.20. The zero-order valence-electron chi connectivity index (χ0n) is 10.3. The number of amides is 1. The highest BCUT2D eigenvalue weighted by atomic mass is 16.2. The lowest BCUT2D eigenvalue weighted by molar-refractivity contribution is -0.135. The number of rotatable bonds is 3. The minimum Gasteiger partial charge on any atom is -0.341 e. The molecule has 0 bridgehead atoms. The summed E-state index contributed by atoms with van der Waals surface area (Å²) in [6, 6.07) is 0.436. The lowest BCUT2D eigenvalue weighted by Gasteiger charge is -2.26. The fraction of sp³-hybridized carbons (Fsp3) is 0.917. The molecule has 1 N–H and O–H groups in total. The van der Waals surface area contributed by atoms with Crippen molar-refractivity contribution in [1.29, 1.82) is 0 Å². The Kier molecular flexibility index (Phi) is 5.09. The van der Waals surface area contributed by atoms with Crippen molar-refractivity contribution in [1.82, 2.24) is 10.2 Å². The number of nitrogens with one attached hydrogen (secondary N) is 1. The summed E-state index contributed by atoms with van der Waals surface area (Å²) in [7, 11) is 0. The number of carbonyl (C=O) groups excluding carboxylic acids is 1. The second-order valence-electron chi connectivity index (χ2n) is 4.51. The van der Waals surface area contributed by atoms with Crippen molar-refractivity contribution < 1.29 is 4.79 Å². The maximum atomic E-state index is 12.2. The standard InChI is InChI=1S/C12H24N2O/c1-4-11(5-2)12(15)14-8-6-7-13-10(3)9-14/h10-11,13H,4-9H2,1-3H3. The molecule has 0 aliphatic carbocycles. The lowest BCUT2D eigenvalue weighted by Crippen LogP contribution is -2.41. The van der Waals surface area contributed by atoms with E-state index in [-0.39, 0.29) is 5.92 Å². The first-order valence-electron chi connectivity index (χ1n) is 6.21. The maximum Gasteiger partial charge on any atom is 0.225 e. The Labute approximate surface area is 93.2 Å². The summed E-state index contributed by atoms with van der Waals surface area (Å²) in [5, 5.41) is 3.41. The molecule has 1 amide bonds. The Morgan fingerprint density at radius 2 is 2.13 bits per heavy atom. The van der Waals surface area contributed by atoms with E-state index in [4.69, 9.17) is 0 Å². The number of nitrogens with zero attached hydrogens (tertiary/aromatic N) is 1. The van der Waals surface area contributed by atoms with E-state index < -0.39 is 0 Å². The quantitative estimate of drug-likeness (QED) is 0.771. The minimum atomic E-state index is 0.232. The Morgan fingerprint density at radius 3 is 2.73 bits per heavy atom. The first-order valence-corrected chi connectivity index (χ1v) is 6.21. The molecule has 1 rings (SSSR count). The fourth-order valence-electron chi connectivity index (χ4n) is 2.20. The van der Waals surface area contributed by atoms with Crippen LogP contribution in [0.3, 0.4) is 0 Å². The molecule has 0 aromatic carbocycles. The van der Waals surface area contributed by atoms with E-state index in [0.717, 1.165) is 38.9 Å². The highest BCUT2D eigenvalue weighted by molar-refractivity contribution is 5.78. The molecule has 88 valence electrons. The number of carbonyl (C=O) groups is 1. The van der Waals surface area contributed by atoms with Crippen LogP contribution in [0, 0.1) is 5.92 Å². The van der Waals surface area contributed by atoms with E-state index in [0.29, 0.717) is 11.9 Å². The molecule has 1 unspecified atom stereocenters. The van der Waals surface area contributed by atoms with E-state index in [9.17, 15) is 4.79 Å². The summed E-state index contributed by atoms with van der Waals surface area (Å²) in [6.45, 7) is 9.19. The van der Waals surface area contributed by atoms with Crippen molar-refractivity contribution in [2.24, 2.45) is 5.92 Å². The maximum absolute atomic E-state index is 12.2. The van der Waals surface area contributed by atoms with Crippen LogP contribution in [-0.2, 0) is 4.79 Å². The molecule has 1 aliphatic rings. The van der Waals surface area contributed by atoms with Gasteiger partial charge in [-0.1, -0.05) is 13.8 Å². The van der Waals surface area contributed by atoms with Crippen molar-refractivity contribution in [3.05, 3.63) is 0 Å². The summed E-state index contributed by atoms with van der Waals surface area (Å²) >= 11 is 0. The minimum absolute atomic E-state index is 0.232. The topological polar surface area (TPSA) is 32.3 Å². The number of hydrogen-bond acceptors (Lipinski definition) is 2. The molecule has 0 spiro atoms. The smallest absolute Gasteiger partial charge is 0.225 e. The van der Waals surface area contributed by atoms with Gasteiger partial charge in [-0.2, -0.15) is 0 Å². The molecule has 3 heteroatoms. The Bertz CT molecular complexity index is 202. The molecule has 3 nitrogen and oxygen atoms in total. The molecule has 1 fully saturated rings. The normalized spacial score (nSPS) is 22.9. The van der Waals surface area contributed by atoms with Gasteiger partial charge in [0.25, 0.3) is 0 Å². The van der Waals surface area contributed by atoms with Gasteiger partial charge in [0.2, 0.25) is 5.91 Å². The lowest BCUT2D eigenvalue weighted by atomic mass is 10.0. The van der Waals surface area contributed by atoms with Crippen molar-refractivity contribution in [3.63, 3.8) is 0 Å². The summed E-state index contributed by atoms with van der Waals surface area (Å²) < 4.78 is 0. The predicted molar refractivity (Wildman–Crippen MR) is 62.7 cm³/mol. The zero-order valence-corrected chi connectivity index (χ0v) is 10.3. The van der Waals surface area contributed by atoms with Gasteiger partial charge >= 0.3 is 0 Å². The van der Waals surface area contributed by atoms with Crippen LogP contribution in [0.4, 0.5) is 0 Å². The highest BCUT2D eigenvalue weighted by Gasteiger charge is 2.23. The van der Waals surface area contributed by atoms with Crippen LogP contribution in [0.25, 0.3) is 0 Å². The van der Waals surface area contributed by atoms with Crippen molar-refractivity contribution >= 4 is 5.91 Å². The first-order chi connectivity index (χ1) is 7.19. The average Bonchev–Trinajstić information content (AvgIpc) is 2.44. The van der Waals surface area contributed by atoms with Crippen molar-refractivity contribution in [3.8, 4) is 0 Å². The van der Waals surface area contributed by atoms with Gasteiger partial charge in [-0.3, -0.25) is 4.79 Å². The predicted octanol–water partition coefficient (Wildman–Crippen LogP) is 1.63. The van der Waals surface area contributed by atoms with Gasteiger partial charge in [0.1, 0.15) is 0 Å². The third-order valence-corrected chi connectivity index (χ3v) is 3.24. The molecule has 1 saturated heterocycles. The second-order valence-corrected chi connectivity index (χ2v) is 4.51. The van der Waals surface area contributed by atoms with E-state index in [1.54, 1.807) is 0 Å². The Hall–Kier alpha value is -0.570. The van der Waals surface area contributed by atoms with E-state index in [2.05, 4.69) is 26.1 Å². The van der Waals surface area contributed by atoms with E-state index >= 15 is 0 Å². The molecule has 0 radical (unpaired) electrons. The molecular formula is C12H24N2O. The van der Waals surface area contributed by atoms with Crippen molar-refractivity contribution in [2.75, 3.05) is 19.6 Å². The van der Waals surface area contributed by atoms with Crippen LogP contribution in [0.1, 0.15) is 40.0 Å². The summed E-state index contributed by atoms with van der Waals surface area (Å²) in [5.41, 5.74) is 0. The SMILES string of the molecule is CCC(CC)C(=O)N1CCCNC(C)C1. The highest BCUT2D eigenvalue weighted by Crippen LogP contribution is 2.13. The van der Waals surface area contributed by atoms with Gasteiger partial charge in [0, 0.05) is 25.0 Å². The van der Waals surface area contributed by atoms with Crippen LogP contribution in [0.5, 0.6) is 0 Å². The van der Waals surface area contributed by atoms with E-state index in [1.165, 1.54) is 0 Å². The molecule has 0 aromatic heterocycles. The van der Waals surface area contributed by atoms with Gasteiger partial charge < -0.3 is 10.2 Å². The molecule has 1 heterocycles. The largest absolute Gasteiger partial charge is 0.341 e. The molecule has 0 saturated carbocycles.